The average Bonchev–Trinajstić information content (AvgIpc) is 3.43. The van der Waals surface area contributed by atoms with Crippen molar-refractivity contribution < 1.29 is 27.5 Å². The Labute approximate surface area is 228 Å². The van der Waals surface area contributed by atoms with Gasteiger partial charge in [0.05, 0.1) is 11.4 Å². The molecule has 3 aromatic heterocycles. The summed E-state index contributed by atoms with van der Waals surface area (Å²) in [6, 6.07) is 16.4. The van der Waals surface area contributed by atoms with E-state index >= 15 is 0 Å². The number of aromatic nitrogens is 3. The fraction of sp³-hybridized carbons (Fsp3) is 0.233. The summed E-state index contributed by atoms with van der Waals surface area (Å²) in [5.41, 5.74) is 3.52. The Balaban J connectivity index is 1.45. The highest BCUT2D eigenvalue weighted by atomic mass is 19.4. The highest BCUT2D eigenvalue weighted by molar-refractivity contribution is 6.05. The molecule has 5 rings (SSSR count). The van der Waals surface area contributed by atoms with Crippen molar-refractivity contribution in [1.82, 2.24) is 9.97 Å². The molecule has 0 saturated heterocycles. The largest absolute Gasteiger partial charge is 0.618 e. The topological polar surface area (TPSA) is 91.4 Å². The van der Waals surface area contributed by atoms with Gasteiger partial charge in [-0.05, 0) is 60.9 Å². The maximum Gasteiger partial charge on any atom is 0.433 e. The number of carbonyl (C=O) groups is 1. The van der Waals surface area contributed by atoms with Crippen LogP contribution in [0.25, 0.3) is 11.3 Å². The standard InChI is InChI=1S/C30H25F3N4O3/c1-18-6-8-26(37(39)17-18)22-12-21(25-15-28(40-36-25)24-5-3-4-10-34-24)13-23(14-22)27(38)11-19(2)20-7-9-29(35-16-20)30(31,32)33/h3-10,12-14,16-17,19,28H,11,15H2,1-2H3/t19-,28?/m0/s1. The first-order valence-corrected chi connectivity index (χ1v) is 12.6. The molecule has 0 spiro atoms. The number of hydrogen-bond acceptors (Lipinski definition) is 6. The molecule has 40 heavy (non-hydrogen) atoms. The SMILES string of the molecule is Cc1ccc(-c2cc(C(=O)C[C@H](C)c3ccc(C(F)(F)F)nc3)cc(C3=NOC(c4ccccn4)C3)c2)[n+]([O-])c1. The quantitative estimate of drug-likeness (QED) is 0.153. The number of carbonyl (C=O) groups excluding carboxylic acids is 1. The van der Waals surface area contributed by atoms with Crippen LogP contribution in [-0.4, -0.2) is 21.5 Å². The van der Waals surface area contributed by atoms with Gasteiger partial charge in [-0.1, -0.05) is 24.2 Å². The molecule has 0 fully saturated rings. The zero-order chi connectivity index (χ0) is 28.4. The van der Waals surface area contributed by atoms with Gasteiger partial charge in [0, 0.05) is 53.6 Å². The monoisotopic (exact) mass is 546 g/mol. The number of benzene rings is 1. The van der Waals surface area contributed by atoms with E-state index in [1.807, 2.05) is 31.2 Å². The van der Waals surface area contributed by atoms with E-state index in [4.69, 9.17) is 4.84 Å². The minimum atomic E-state index is -4.54. The van der Waals surface area contributed by atoms with Crippen molar-refractivity contribution in [1.29, 1.82) is 0 Å². The summed E-state index contributed by atoms with van der Waals surface area (Å²) in [5, 5.41) is 17.0. The first-order chi connectivity index (χ1) is 19.1. The average molecular weight is 547 g/mol. The number of halogens is 3. The molecule has 0 N–H and O–H groups in total. The number of oxime groups is 1. The maximum absolute atomic E-state index is 13.5. The lowest BCUT2D eigenvalue weighted by Gasteiger charge is -2.14. The van der Waals surface area contributed by atoms with Gasteiger partial charge in [0.1, 0.15) is 5.69 Å². The van der Waals surface area contributed by atoms with Crippen LogP contribution >= 0.6 is 0 Å². The van der Waals surface area contributed by atoms with E-state index in [1.165, 1.54) is 12.3 Å². The van der Waals surface area contributed by atoms with Crippen LogP contribution in [0.1, 0.15) is 70.2 Å². The van der Waals surface area contributed by atoms with Gasteiger partial charge in [0.15, 0.2) is 18.1 Å². The number of aryl methyl sites for hydroxylation is 1. The second-order valence-electron chi connectivity index (χ2n) is 9.81. The Morgan fingerprint density at radius 1 is 1.10 bits per heavy atom. The van der Waals surface area contributed by atoms with E-state index in [2.05, 4.69) is 15.1 Å². The Morgan fingerprint density at radius 3 is 2.58 bits per heavy atom. The van der Waals surface area contributed by atoms with Gasteiger partial charge in [0.25, 0.3) is 0 Å². The van der Waals surface area contributed by atoms with Crippen LogP contribution in [0.4, 0.5) is 13.2 Å². The number of rotatable bonds is 7. The molecule has 10 heteroatoms. The highest BCUT2D eigenvalue weighted by Crippen LogP contribution is 2.32. The first kappa shape index (κ1) is 27.0. The molecule has 4 heterocycles. The van der Waals surface area contributed by atoms with Crippen LogP contribution in [-0.2, 0) is 11.0 Å². The molecule has 2 atom stereocenters. The van der Waals surface area contributed by atoms with E-state index in [-0.39, 0.29) is 24.2 Å². The molecule has 4 aromatic rings. The lowest BCUT2D eigenvalue weighted by atomic mass is 9.91. The number of hydrogen-bond donors (Lipinski definition) is 0. The second kappa shape index (κ2) is 10.9. The van der Waals surface area contributed by atoms with Crippen LogP contribution in [0.15, 0.2) is 84.4 Å². The van der Waals surface area contributed by atoms with Gasteiger partial charge < -0.3 is 10.0 Å². The minimum absolute atomic E-state index is 0.0285. The molecule has 7 nitrogen and oxygen atoms in total. The third kappa shape index (κ3) is 5.85. The van der Waals surface area contributed by atoms with Gasteiger partial charge in [-0.3, -0.25) is 14.8 Å². The molecule has 1 aliphatic heterocycles. The van der Waals surface area contributed by atoms with Crippen molar-refractivity contribution in [2.75, 3.05) is 0 Å². The number of Topliss-reactive ketones (excluding diaryl/α,β-unsaturated/α-hetero) is 1. The lowest BCUT2D eigenvalue weighted by Crippen LogP contribution is -2.29. The van der Waals surface area contributed by atoms with Gasteiger partial charge in [0.2, 0.25) is 5.69 Å². The molecule has 1 aromatic carbocycles. The molecule has 0 saturated carbocycles. The molecule has 0 bridgehead atoms. The summed E-state index contributed by atoms with van der Waals surface area (Å²) in [7, 11) is 0. The molecule has 0 radical (unpaired) electrons. The summed E-state index contributed by atoms with van der Waals surface area (Å²) in [5.74, 6) is -0.625. The smallest absolute Gasteiger partial charge is 0.433 e. The van der Waals surface area contributed by atoms with E-state index in [0.29, 0.717) is 40.1 Å². The molecule has 204 valence electrons. The molecule has 1 aliphatic rings. The van der Waals surface area contributed by atoms with Gasteiger partial charge in [-0.2, -0.15) is 17.9 Å². The molecule has 0 aliphatic carbocycles. The predicted octanol–water partition coefficient (Wildman–Crippen LogP) is 6.35. The Kier molecular flexibility index (Phi) is 7.34. The Bertz CT molecular complexity index is 1570. The zero-order valence-corrected chi connectivity index (χ0v) is 21.7. The zero-order valence-electron chi connectivity index (χ0n) is 21.7. The van der Waals surface area contributed by atoms with Crippen LogP contribution in [0.5, 0.6) is 0 Å². The third-order valence-corrected chi connectivity index (χ3v) is 6.77. The Hall–Kier alpha value is -4.60. The van der Waals surface area contributed by atoms with Crippen LogP contribution in [0.2, 0.25) is 0 Å². The number of pyridine rings is 3. The highest BCUT2D eigenvalue weighted by Gasteiger charge is 2.32. The van der Waals surface area contributed by atoms with Gasteiger partial charge >= 0.3 is 6.18 Å². The molecule has 0 amide bonds. The lowest BCUT2D eigenvalue weighted by molar-refractivity contribution is -0.594. The van der Waals surface area contributed by atoms with E-state index in [1.54, 1.807) is 37.4 Å². The third-order valence-electron chi connectivity index (χ3n) is 6.77. The molecular weight excluding hydrogens is 521 g/mol. The van der Waals surface area contributed by atoms with E-state index < -0.39 is 11.9 Å². The normalized spacial score (nSPS) is 15.8. The Morgan fingerprint density at radius 2 is 1.90 bits per heavy atom. The van der Waals surface area contributed by atoms with E-state index in [9.17, 15) is 23.2 Å². The van der Waals surface area contributed by atoms with Gasteiger partial charge in [-0.25, -0.2) is 0 Å². The number of ketones is 1. The van der Waals surface area contributed by atoms with E-state index in [0.717, 1.165) is 28.3 Å². The predicted molar refractivity (Wildman–Crippen MR) is 141 cm³/mol. The van der Waals surface area contributed by atoms with Crippen molar-refractivity contribution in [3.05, 3.63) is 118 Å². The minimum Gasteiger partial charge on any atom is -0.618 e. The van der Waals surface area contributed by atoms with Crippen LogP contribution in [0.3, 0.4) is 0 Å². The summed E-state index contributed by atoms with van der Waals surface area (Å²) in [4.78, 5) is 26.9. The van der Waals surface area contributed by atoms with Crippen molar-refractivity contribution in [3.63, 3.8) is 0 Å². The molecule has 1 unspecified atom stereocenters. The molecular formula is C30H25F3N4O3. The summed E-state index contributed by atoms with van der Waals surface area (Å²) in [6.07, 6.45) is -0.186. The van der Waals surface area contributed by atoms with Gasteiger partial charge in [-0.15, -0.1) is 0 Å². The fourth-order valence-corrected chi connectivity index (χ4v) is 4.56. The maximum atomic E-state index is 13.5. The van der Waals surface area contributed by atoms with Crippen molar-refractivity contribution in [3.8, 4) is 11.3 Å². The van der Waals surface area contributed by atoms with Crippen molar-refractivity contribution in [2.45, 2.75) is 44.9 Å². The summed E-state index contributed by atoms with van der Waals surface area (Å²) >= 11 is 0. The summed E-state index contributed by atoms with van der Waals surface area (Å²) < 4.78 is 39.5. The summed E-state index contributed by atoms with van der Waals surface area (Å²) in [6.45, 7) is 3.56. The van der Waals surface area contributed by atoms with Crippen molar-refractivity contribution >= 4 is 11.5 Å². The second-order valence-corrected chi connectivity index (χ2v) is 9.81. The first-order valence-electron chi connectivity index (χ1n) is 12.6. The van der Waals surface area contributed by atoms with Crippen LogP contribution < -0.4 is 4.73 Å². The van der Waals surface area contributed by atoms with Crippen molar-refractivity contribution in [2.24, 2.45) is 5.16 Å². The number of nitrogens with zero attached hydrogens (tertiary/aromatic N) is 4. The fourth-order valence-electron chi connectivity index (χ4n) is 4.56. The number of alkyl halides is 3. The van der Waals surface area contributed by atoms with Crippen LogP contribution in [0, 0.1) is 12.1 Å².